The molecule has 42 heavy (non-hydrogen) atoms. The van der Waals surface area contributed by atoms with Gasteiger partial charge in [0.1, 0.15) is 17.9 Å². The third kappa shape index (κ3) is 5.76. The Bertz CT molecular complexity index is 1280. The van der Waals surface area contributed by atoms with E-state index in [0.29, 0.717) is 35.6 Å². The summed E-state index contributed by atoms with van der Waals surface area (Å²) in [5.74, 6) is 0.558. The summed E-state index contributed by atoms with van der Waals surface area (Å²) in [6.07, 6.45) is -1.34. The molecule has 5 N–H and O–H groups in total. The zero-order valence-corrected chi connectivity index (χ0v) is 25.0. The maximum absolute atomic E-state index is 11.9. The second-order valence-electron chi connectivity index (χ2n) is 12.9. The van der Waals surface area contributed by atoms with Gasteiger partial charge in [-0.1, -0.05) is 45.9 Å². The van der Waals surface area contributed by atoms with E-state index in [9.17, 15) is 25.2 Å². The first kappa shape index (κ1) is 30.7. The van der Waals surface area contributed by atoms with Crippen LogP contribution in [0.1, 0.15) is 57.0 Å². The fourth-order valence-electron chi connectivity index (χ4n) is 7.08. The lowest BCUT2D eigenvalue weighted by atomic mass is 9.52. The van der Waals surface area contributed by atoms with E-state index >= 15 is 0 Å². The highest BCUT2D eigenvalue weighted by Crippen LogP contribution is 2.54. The van der Waals surface area contributed by atoms with Crippen LogP contribution in [0.15, 0.2) is 36.4 Å². The van der Waals surface area contributed by atoms with Gasteiger partial charge in [0.15, 0.2) is 11.5 Å². The van der Waals surface area contributed by atoms with Crippen molar-refractivity contribution < 1.29 is 39.5 Å². The van der Waals surface area contributed by atoms with Gasteiger partial charge in [0.25, 0.3) is 0 Å². The van der Waals surface area contributed by atoms with Crippen molar-refractivity contribution in [2.75, 3.05) is 19.9 Å². The van der Waals surface area contributed by atoms with Gasteiger partial charge in [0.2, 0.25) is 6.79 Å². The van der Waals surface area contributed by atoms with Crippen LogP contribution in [0.4, 0.5) is 0 Å². The topological polar surface area (TPSA) is 141 Å². The predicted molar refractivity (Wildman–Crippen MR) is 156 cm³/mol. The number of hydroxylamine groups is 2. The molecule has 5 rings (SSSR count). The van der Waals surface area contributed by atoms with Crippen LogP contribution in [0, 0.1) is 29.1 Å². The van der Waals surface area contributed by atoms with E-state index in [0.717, 1.165) is 11.1 Å². The fourth-order valence-corrected chi connectivity index (χ4v) is 7.08. The summed E-state index contributed by atoms with van der Waals surface area (Å²) in [5, 5.41) is 46.9. The summed E-state index contributed by atoms with van der Waals surface area (Å²) in [6.45, 7) is 11.3. The third-order valence-electron chi connectivity index (χ3n) is 9.96. The molecule has 0 radical (unpaired) electrons. The SMILES string of the molecule is C[C@H](O)[C@@H]1[C@H](CO)ON(Cc2cccc(-c3cc4c(c(C(=O)O)c3)OCO4)c2)[C@@H]1C(O)NC[C@@H](C)[C@H]1C[C@@H](C)C1(C)C. The number of nitrogens with zero attached hydrogens (tertiary/aromatic N) is 1. The molecule has 0 amide bonds. The number of hydrogen-bond donors (Lipinski definition) is 5. The Morgan fingerprint density at radius 1 is 1.14 bits per heavy atom. The van der Waals surface area contributed by atoms with E-state index < -0.39 is 36.4 Å². The molecule has 1 saturated carbocycles. The maximum atomic E-state index is 11.9. The molecule has 2 aromatic carbocycles. The van der Waals surface area contributed by atoms with E-state index in [1.54, 1.807) is 24.1 Å². The van der Waals surface area contributed by atoms with Crippen molar-refractivity contribution in [3.05, 3.63) is 47.5 Å². The van der Waals surface area contributed by atoms with Gasteiger partial charge in [0, 0.05) is 19.0 Å². The molecular formula is C32H44N2O8. The number of aliphatic hydroxyl groups is 3. The van der Waals surface area contributed by atoms with Crippen LogP contribution in [-0.2, 0) is 11.4 Å². The van der Waals surface area contributed by atoms with Crippen LogP contribution in [0.3, 0.4) is 0 Å². The first-order chi connectivity index (χ1) is 19.9. The molecule has 0 spiro atoms. The Kier molecular flexibility index (Phi) is 8.85. The number of benzene rings is 2. The zero-order valence-electron chi connectivity index (χ0n) is 25.0. The van der Waals surface area contributed by atoms with E-state index in [-0.39, 0.29) is 36.7 Å². The predicted octanol–water partition coefficient (Wildman–Crippen LogP) is 3.48. The van der Waals surface area contributed by atoms with Crippen molar-refractivity contribution in [2.24, 2.45) is 29.1 Å². The summed E-state index contributed by atoms with van der Waals surface area (Å²) in [4.78, 5) is 18.0. The summed E-state index contributed by atoms with van der Waals surface area (Å²) >= 11 is 0. The van der Waals surface area contributed by atoms with E-state index in [2.05, 4.69) is 33.0 Å². The van der Waals surface area contributed by atoms with Gasteiger partial charge < -0.3 is 29.9 Å². The van der Waals surface area contributed by atoms with Gasteiger partial charge in [-0.05, 0) is 71.4 Å². The molecule has 2 fully saturated rings. The smallest absolute Gasteiger partial charge is 0.339 e. The van der Waals surface area contributed by atoms with Crippen molar-refractivity contribution in [1.82, 2.24) is 10.4 Å². The molecule has 0 bridgehead atoms. The number of rotatable bonds is 11. The van der Waals surface area contributed by atoms with E-state index in [1.165, 1.54) is 6.42 Å². The summed E-state index contributed by atoms with van der Waals surface area (Å²) in [5.41, 5.74) is 2.58. The molecular weight excluding hydrogens is 540 g/mol. The van der Waals surface area contributed by atoms with Crippen molar-refractivity contribution in [3.8, 4) is 22.6 Å². The Hall–Kier alpha value is -2.73. The number of carbonyl (C=O) groups is 1. The molecule has 2 heterocycles. The Morgan fingerprint density at radius 3 is 2.55 bits per heavy atom. The van der Waals surface area contributed by atoms with Crippen LogP contribution in [-0.4, -0.2) is 75.9 Å². The number of carboxylic acid groups (broad SMARTS) is 1. The Morgan fingerprint density at radius 2 is 1.90 bits per heavy atom. The van der Waals surface area contributed by atoms with Crippen LogP contribution < -0.4 is 14.8 Å². The summed E-state index contributed by atoms with van der Waals surface area (Å²) < 4.78 is 10.8. The molecule has 1 unspecified atom stereocenters. The average Bonchev–Trinajstić information content (AvgIpc) is 3.58. The fraction of sp³-hybridized carbons (Fsp3) is 0.594. The molecule has 2 aromatic rings. The quantitative estimate of drug-likeness (QED) is 0.249. The van der Waals surface area contributed by atoms with E-state index in [1.807, 2.05) is 24.3 Å². The second-order valence-corrected chi connectivity index (χ2v) is 12.9. The summed E-state index contributed by atoms with van der Waals surface area (Å²) in [6, 6.07) is 10.3. The third-order valence-corrected chi connectivity index (χ3v) is 9.96. The monoisotopic (exact) mass is 584 g/mol. The van der Waals surface area contributed by atoms with Crippen LogP contribution in [0.2, 0.25) is 0 Å². The van der Waals surface area contributed by atoms with Crippen molar-refractivity contribution >= 4 is 5.97 Å². The minimum Gasteiger partial charge on any atom is -0.478 e. The van der Waals surface area contributed by atoms with Crippen molar-refractivity contribution in [3.63, 3.8) is 0 Å². The molecule has 10 heteroatoms. The molecule has 10 nitrogen and oxygen atoms in total. The second kappa shape index (κ2) is 12.1. The van der Waals surface area contributed by atoms with E-state index in [4.69, 9.17) is 14.3 Å². The highest BCUT2D eigenvalue weighted by Gasteiger charge is 2.50. The molecule has 1 saturated heterocycles. The van der Waals surface area contributed by atoms with Crippen LogP contribution >= 0.6 is 0 Å². The lowest BCUT2D eigenvalue weighted by Gasteiger charge is -2.54. The lowest BCUT2D eigenvalue weighted by molar-refractivity contribution is -0.191. The average molecular weight is 585 g/mol. The van der Waals surface area contributed by atoms with Gasteiger partial charge in [-0.15, -0.1) is 0 Å². The molecule has 3 aliphatic rings. The van der Waals surface area contributed by atoms with Gasteiger partial charge in [-0.2, -0.15) is 5.06 Å². The van der Waals surface area contributed by atoms with Gasteiger partial charge in [0.05, 0.1) is 18.8 Å². The van der Waals surface area contributed by atoms with Gasteiger partial charge >= 0.3 is 5.97 Å². The van der Waals surface area contributed by atoms with Crippen molar-refractivity contribution in [1.29, 1.82) is 0 Å². The normalized spacial score (nSPS) is 28.7. The first-order valence-electron chi connectivity index (χ1n) is 14.8. The highest BCUT2D eigenvalue weighted by atomic mass is 16.7. The highest BCUT2D eigenvalue weighted by molar-refractivity contribution is 5.94. The van der Waals surface area contributed by atoms with Gasteiger partial charge in [-0.3, -0.25) is 10.2 Å². The first-order valence-corrected chi connectivity index (χ1v) is 14.8. The number of aromatic carboxylic acids is 1. The number of fused-ring (bicyclic) bond motifs is 1. The lowest BCUT2D eigenvalue weighted by Crippen LogP contribution is -2.54. The number of ether oxygens (including phenoxy) is 2. The molecule has 0 aromatic heterocycles. The molecule has 2 aliphatic heterocycles. The number of nitrogens with one attached hydrogen (secondary N) is 1. The number of aliphatic hydroxyl groups excluding tert-OH is 3. The minimum absolute atomic E-state index is 0.0297. The van der Waals surface area contributed by atoms with Crippen LogP contribution in [0.25, 0.3) is 11.1 Å². The van der Waals surface area contributed by atoms with Crippen molar-refractivity contribution in [2.45, 2.75) is 72.1 Å². The Labute approximate surface area is 247 Å². The molecule has 8 atom stereocenters. The number of hydrogen-bond acceptors (Lipinski definition) is 9. The number of carboxylic acids is 1. The summed E-state index contributed by atoms with van der Waals surface area (Å²) in [7, 11) is 0. The zero-order chi connectivity index (χ0) is 30.3. The minimum atomic E-state index is -1.10. The van der Waals surface area contributed by atoms with Gasteiger partial charge in [-0.25, -0.2) is 4.79 Å². The molecule has 230 valence electrons. The van der Waals surface area contributed by atoms with Crippen LogP contribution in [0.5, 0.6) is 11.5 Å². The Balaban J connectivity index is 1.35. The molecule has 1 aliphatic carbocycles. The largest absolute Gasteiger partial charge is 0.478 e. The standard InChI is InChI=1S/C32H44N2O8/c1-17(24-9-18(2)32(24,4)5)13-33-30(37)28-27(19(3)36)26(15-35)42-34(28)14-20-7-6-8-21(10-20)22-11-23(31(38)39)29-25(12-22)40-16-41-29/h6-8,10-12,17-19,24,26-28,30,33,35-37H,9,13-16H2,1-5H3,(H,38,39)/t17-,18-,19+,24-,26+,27-,28+,30?/m1/s1. The maximum Gasteiger partial charge on any atom is 0.339 e.